The van der Waals surface area contributed by atoms with Crippen molar-refractivity contribution in [3.05, 3.63) is 24.3 Å². The average Bonchev–Trinajstić information content (AvgIpc) is 3.41. The van der Waals surface area contributed by atoms with E-state index in [1.54, 1.807) is 12.1 Å². The molecule has 1 atom stereocenters. The second-order valence-corrected chi connectivity index (χ2v) is 7.07. The lowest BCUT2D eigenvalue weighted by Gasteiger charge is -2.34. The van der Waals surface area contributed by atoms with Crippen molar-refractivity contribution in [1.29, 1.82) is 5.26 Å². The number of nitriles is 1. The van der Waals surface area contributed by atoms with Crippen LogP contribution >= 0.6 is 0 Å². The summed E-state index contributed by atoms with van der Waals surface area (Å²) < 4.78 is 0. The van der Waals surface area contributed by atoms with Crippen LogP contribution in [-0.4, -0.2) is 49.3 Å². The number of hydrogen-bond donors (Lipinski definition) is 3. The van der Waals surface area contributed by atoms with Gasteiger partial charge in [0.15, 0.2) is 6.54 Å². The number of benzene rings is 1. The van der Waals surface area contributed by atoms with Gasteiger partial charge in [0, 0.05) is 5.69 Å². The first kappa shape index (κ1) is 16.6. The largest absolute Gasteiger partial charge is 0.508 e. The van der Waals surface area contributed by atoms with Crippen molar-refractivity contribution < 1.29 is 14.8 Å². The lowest BCUT2D eigenvalue weighted by molar-refractivity contribution is -0.892. The fraction of sp³-hybridized carbons (Fsp3) is 0.556. The van der Waals surface area contributed by atoms with Crippen LogP contribution in [0.4, 0.5) is 5.69 Å². The first-order valence-electron chi connectivity index (χ1n) is 8.60. The van der Waals surface area contributed by atoms with Crippen LogP contribution in [0.5, 0.6) is 5.75 Å². The maximum absolute atomic E-state index is 12.3. The molecule has 0 unspecified atom stereocenters. The molecule has 3 N–H and O–H groups in total. The van der Waals surface area contributed by atoms with Crippen LogP contribution in [0.1, 0.15) is 19.8 Å². The highest BCUT2D eigenvalue weighted by molar-refractivity contribution is 5.78. The number of hydrogen-bond acceptors (Lipinski definition) is 4. The average molecular weight is 329 g/mol. The number of nitrogens with one attached hydrogen (secondary N) is 2. The van der Waals surface area contributed by atoms with Crippen LogP contribution < -0.4 is 15.1 Å². The first-order valence-corrected chi connectivity index (χ1v) is 8.60. The number of phenols is 1. The number of amides is 1. The van der Waals surface area contributed by atoms with Gasteiger partial charge in [-0.2, -0.15) is 5.26 Å². The molecule has 1 saturated carbocycles. The Balaban J connectivity index is 1.47. The molecule has 6 heteroatoms. The Bertz CT molecular complexity index is 627. The van der Waals surface area contributed by atoms with Gasteiger partial charge < -0.3 is 20.2 Å². The molecule has 0 radical (unpaired) electrons. The number of rotatable bonds is 5. The Morgan fingerprint density at radius 1 is 1.38 bits per heavy atom. The number of carbonyl (C=O) groups is 1. The van der Waals surface area contributed by atoms with E-state index in [9.17, 15) is 15.2 Å². The van der Waals surface area contributed by atoms with Gasteiger partial charge in [-0.1, -0.05) is 0 Å². The fourth-order valence-electron chi connectivity index (χ4n) is 3.36. The van der Waals surface area contributed by atoms with Crippen molar-refractivity contribution in [2.24, 2.45) is 5.92 Å². The Kier molecular flexibility index (Phi) is 4.63. The molecule has 2 fully saturated rings. The van der Waals surface area contributed by atoms with E-state index in [-0.39, 0.29) is 11.7 Å². The number of quaternary nitrogens is 1. The summed E-state index contributed by atoms with van der Waals surface area (Å²) >= 11 is 0. The number of carbonyl (C=O) groups excluding carboxylic acids is 1. The molecule has 6 nitrogen and oxygen atoms in total. The van der Waals surface area contributed by atoms with Gasteiger partial charge in [0.2, 0.25) is 0 Å². The van der Waals surface area contributed by atoms with Gasteiger partial charge in [0.25, 0.3) is 5.91 Å². The summed E-state index contributed by atoms with van der Waals surface area (Å²) in [6, 6.07) is 9.50. The minimum Gasteiger partial charge on any atom is -0.508 e. The van der Waals surface area contributed by atoms with E-state index < -0.39 is 5.54 Å². The molecule has 0 bridgehead atoms. The van der Waals surface area contributed by atoms with E-state index >= 15 is 0 Å². The summed E-state index contributed by atoms with van der Waals surface area (Å²) in [6.45, 7) is 5.80. The normalized spacial score (nSPS) is 20.9. The van der Waals surface area contributed by atoms with Gasteiger partial charge in [-0.25, -0.2) is 0 Å². The molecule has 1 aliphatic heterocycles. The van der Waals surface area contributed by atoms with Gasteiger partial charge >= 0.3 is 0 Å². The van der Waals surface area contributed by atoms with Crippen LogP contribution in [-0.2, 0) is 4.79 Å². The van der Waals surface area contributed by atoms with Crippen LogP contribution in [0.25, 0.3) is 0 Å². The summed E-state index contributed by atoms with van der Waals surface area (Å²) in [5, 5.41) is 21.6. The maximum Gasteiger partial charge on any atom is 0.276 e. The maximum atomic E-state index is 12.3. The Morgan fingerprint density at radius 2 is 2.00 bits per heavy atom. The quantitative estimate of drug-likeness (QED) is 0.705. The van der Waals surface area contributed by atoms with E-state index in [4.69, 9.17) is 0 Å². The van der Waals surface area contributed by atoms with E-state index in [1.807, 2.05) is 19.1 Å². The van der Waals surface area contributed by atoms with Crippen LogP contribution in [0.15, 0.2) is 24.3 Å². The van der Waals surface area contributed by atoms with Crippen molar-refractivity contribution >= 4 is 11.6 Å². The molecular weight excluding hydrogens is 304 g/mol. The van der Waals surface area contributed by atoms with Gasteiger partial charge in [-0.3, -0.25) is 4.79 Å². The predicted octanol–water partition coefficient (Wildman–Crippen LogP) is -0.0944. The van der Waals surface area contributed by atoms with E-state index in [2.05, 4.69) is 16.3 Å². The van der Waals surface area contributed by atoms with E-state index in [1.165, 1.54) is 4.90 Å². The Labute approximate surface area is 142 Å². The molecule has 1 saturated heterocycles. The summed E-state index contributed by atoms with van der Waals surface area (Å²) in [5.41, 5.74) is 0.395. The molecule has 1 heterocycles. The predicted molar refractivity (Wildman–Crippen MR) is 90.8 cm³/mol. The van der Waals surface area contributed by atoms with E-state index in [0.717, 1.165) is 44.7 Å². The molecule has 1 aromatic rings. The van der Waals surface area contributed by atoms with Crippen LogP contribution in [0, 0.1) is 17.2 Å². The van der Waals surface area contributed by atoms with Gasteiger partial charge in [0.1, 0.15) is 11.3 Å². The van der Waals surface area contributed by atoms with E-state index in [0.29, 0.717) is 12.5 Å². The number of aromatic hydroxyl groups is 1. The lowest BCUT2D eigenvalue weighted by atomic mass is 9.98. The summed E-state index contributed by atoms with van der Waals surface area (Å²) in [4.78, 5) is 15.8. The lowest BCUT2D eigenvalue weighted by Crippen LogP contribution is -3.16. The molecule has 0 aromatic heterocycles. The second kappa shape index (κ2) is 6.70. The van der Waals surface area contributed by atoms with Gasteiger partial charge in [-0.05, 0) is 49.9 Å². The third-order valence-electron chi connectivity index (χ3n) is 5.12. The molecular formula is C18H25N4O2+. The summed E-state index contributed by atoms with van der Waals surface area (Å²) in [5.74, 6) is 0.558. The zero-order valence-electron chi connectivity index (χ0n) is 14.1. The van der Waals surface area contributed by atoms with Crippen molar-refractivity contribution in [2.45, 2.75) is 25.3 Å². The molecule has 1 amide bonds. The highest BCUT2D eigenvalue weighted by Crippen LogP contribution is 2.39. The molecule has 128 valence electrons. The zero-order valence-corrected chi connectivity index (χ0v) is 14.1. The number of phenolic OH excluding ortho intramolecular Hbond substituents is 1. The van der Waals surface area contributed by atoms with Gasteiger partial charge in [0.05, 0.1) is 32.2 Å². The minimum atomic E-state index is -0.704. The number of piperazine rings is 1. The van der Waals surface area contributed by atoms with Gasteiger partial charge in [-0.15, -0.1) is 0 Å². The van der Waals surface area contributed by atoms with Crippen LogP contribution in [0.2, 0.25) is 0 Å². The second-order valence-electron chi connectivity index (χ2n) is 7.07. The smallest absolute Gasteiger partial charge is 0.276 e. The Hall–Kier alpha value is -2.26. The van der Waals surface area contributed by atoms with Crippen LogP contribution in [0.3, 0.4) is 0 Å². The molecule has 2 aliphatic rings. The highest BCUT2D eigenvalue weighted by atomic mass is 16.3. The van der Waals surface area contributed by atoms with Crippen molar-refractivity contribution in [1.82, 2.24) is 5.32 Å². The third-order valence-corrected chi connectivity index (χ3v) is 5.12. The SMILES string of the molecule is C[C@](C#N)(NC(=O)C[NH+]1CCN(c2ccc(O)cc2)CC1)C1CC1. The number of nitrogens with zero attached hydrogens (tertiary/aromatic N) is 2. The highest BCUT2D eigenvalue weighted by Gasteiger charge is 2.43. The molecule has 3 rings (SSSR count). The first-order chi connectivity index (χ1) is 11.5. The minimum absolute atomic E-state index is 0.0287. The molecule has 1 aliphatic carbocycles. The van der Waals surface area contributed by atoms with Crippen molar-refractivity contribution in [3.8, 4) is 11.8 Å². The summed E-state index contributed by atoms with van der Waals surface area (Å²) in [7, 11) is 0. The standard InChI is InChI=1S/C18H24N4O2/c1-18(13-19,14-2-3-14)20-17(24)12-21-8-10-22(11-9-21)15-4-6-16(23)7-5-15/h4-7,14,23H,2-3,8-12H2,1H3,(H,20,24)/p+1/t18-/m1/s1. The molecule has 1 aromatic carbocycles. The number of anilines is 1. The topological polar surface area (TPSA) is 80.8 Å². The molecule has 0 spiro atoms. The Morgan fingerprint density at radius 3 is 2.54 bits per heavy atom. The zero-order chi connectivity index (χ0) is 17.2. The van der Waals surface area contributed by atoms with Crippen molar-refractivity contribution in [3.63, 3.8) is 0 Å². The summed E-state index contributed by atoms with van der Waals surface area (Å²) in [6.07, 6.45) is 2.06. The van der Waals surface area contributed by atoms with Crippen molar-refractivity contribution in [2.75, 3.05) is 37.6 Å². The molecule has 24 heavy (non-hydrogen) atoms. The third kappa shape index (κ3) is 3.80. The fourth-order valence-corrected chi connectivity index (χ4v) is 3.36. The monoisotopic (exact) mass is 329 g/mol.